The van der Waals surface area contributed by atoms with Gasteiger partial charge in [-0.15, -0.1) is 0 Å². The Kier molecular flexibility index (Phi) is 7.45. The molecule has 0 amide bonds. The third-order valence-electron chi connectivity index (χ3n) is 4.21. The molecule has 7 nitrogen and oxygen atoms in total. The number of benzene rings is 2. The summed E-state index contributed by atoms with van der Waals surface area (Å²) in [6, 6.07) is 14.4. The molecule has 0 bridgehead atoms. The van der Waals surface area contributed by atoms with Crippen molar-refractivity contribution in [3.05, 3.63) is 80.7 Å². The van der Waals surface area contributed by atoms with Crippen molar-refractivity contribution in [3.63, 3.8) is 0 Å². The topological polar surface area (TPSA) is 88.6 Å². The Hall–Kier alpha value is -3.32. The molecular weight excluding hydrogens is 404 g/mol. The van der Waals surface area contributed by atoms with E-state index in [1.54, 1.807) is 19.4 Å². The SMILES string of the molecule is CCCc1cc(=O)[nH]c(N/N=C/c2ccc(OC)c(OCc3ccccc3Cl)c2)n1. The molecule has 0 aliphatic carbocycles. The molecule has 1 aromatic heterocycles. The standard InChI is InChI=1S/C22H23ClN4O3/c1-3-6-17-12-21(28)26-22(25-17)27-24-13-15-9-10-19(29-2)20(11-15)30-14-16-7-4-5-8-18(16)23/h4-5,7-13H,3,6,14H2,1-2H3,(H2,25,26,27,28)/b24-13+. The van der Waals surface area contributed by atoms with Crippen LogP contribution in [0.15, 0.2) is 58.4 Å². The average Bonchev–Trinajstić information content (AvgIpc) is 2.73. The summed E-state index contributed by atoms with van der Waals surface area (Å²) in [5.74, 6) is 1.47. The number of methoxy groups -OCH3 is 1. The zero-order chi connectivity index (χ0) is 21.3. The Morgan fingerprint density at radius 1 is 1.20 bits per heavy atom. The summed E-state index contributed by atoms with van der Waals surface area (Å²) in [4.78, 5) is 18.7. The molecule has 2 N–H and O–H groups in total. The van der Waals surface area contributed by atoms with Gasteiger partial charge in [-0.25, -0.2) is 10.4 Å². The van der Waals surface area contributed by atoms with Gasteiger partial charge in [0.25, 0.3) is 5.56 Å². The Balaban J connectivity index is 1.71. The van der Waals surface area contributed by atoms with E-state index in [1.165, 1.54) is 6.07 Å². The van der Waals surface area contributed by atoms with Crippen LogP contribution < -0.4 is 20.5 Å². The fourth-order valence-electron chi connectivity index (χ4n) is 2.77. The lowest BCUT2D eigenvalue weighted by Crippen LogP contribution is -2.12. The second-order valence-corrected chi connectivity index (χ2v) is 6.90. The molecule has 2 aromatic carbocycles. The molecule has 0 radical (unpaired) electrons. The van der Waals surface area contributed by atoms with Crippen LogP contribution >= 0.6 is 11.6 Å². The molecular formula is C22H23ClN4O3. The van der Waals surface area contributed by atoms with Crippen molar-refractivity contribution in [1.29, 1.82) is 0 Å². The van der Waals surface area contributed by atoms with E-state index in [0.717, 1.165) is 29.7 Å². The molecule has 0 aliphatic rings. The van der Waals surface area contributed by atoms with Crippen molar-refractivity contribution in [2.45, 2.75) is 26.4 Å². The van der Waals surface area contributed by atoms with Gasteiger partial charge in [-0.05, 0) is 36.2 Å². The highest BCUT2D eigenvalue weighted by Gasteiger charge is 2.07. The Morgan fingerprint density at radius 3 is 2.80 bits per heavy atom. The van der Waals surface area contributed by atoms with Crippen molar-refractivity contribution in [2.75, 3.05) is 12.5 Å². The molecule has 8 heteroatoms. The van der Waals surface area contributed by atoms with Gasteiger partial charge < -0.3 is 9.47 Å². The summed E-state index contributed by atoms with van der Waals surface area (Å²) in [7, 11) is 1.58. The predicted molar refractivity (Wildman–Crippen MR) is 119 cm³/mol. The van der Waals surface area contributed by atoms with Gasteiger partial charge in [-0.3, -0.25) is 9.78 Å². The Morgan fingerprint density at radius 2 is 2.03 bits per heavy atom. The van der Waals surface area contributed by atoms with E-state index in [0.29, 0.717) is 29.1 Å². The number of anilines is 1. The second-order valence-electron chi connectivity index (χ2n) is 6.50. The van der Waals surface area contributed by atoms with Gasteiger partial charge >= 0.3 is 0 Å². The van der Waals surface area contributed by atoms with E-state index >= 15 is 0 Å². The number of aromatic amines is 1. The number of rotatable bonds is 9. The largest absolute Gasteiger partial charge is 0.493 e. The number of hydrazone groups is 1. The van der Waals surface area contributed by atoms with Crippen LogP contribution in [0.1, 0.15) is 30.2 Å². The van der Waals surface area contributed by atoms with Gasteiger partial charge in [-0.1, -0.05) is 43.1 Å². The summed E-state index contributed by atoms with van der Waals surface area (Å²) < 4.78 is 11.3. The second kappa shape index (κ2) is 10.5. The highest BCUT2D eigenvalue weighted by atomic mass is 35.5. The van der Waals surface area contributed by atoms with E-state index in [9.17, 15) is 4.79 Å². The molecule has 156 valence electrons. The number of ether oxygens (including phenoxy) is 2. The zero-order valence-corrected chi connectivity index (χ0v) is 17.6. The number of hydrogen-bond acceptors (Lipinski definition) is 6. The van der Waals surface area contributed by atoms with Gasteiger partial charge in [0.2, 0.25) is 5.95 Å². The fraction of sp³-hybridized carbons (Fsp3) is 0.227. The number of nitrogens with one attached hydrogen (secondary N) is 2. The molecule has 0 spiro atoms. The van der Waals surface area contributed by atoms with Crippen molar-refractivity contribution in [3.8, 4) is 11.5 Å². The summed E-state index contributed by atoms with van der Waals surface area (Å²) in [6.07, 6.45) is 3.24. The Bertz CT molecular complexity index is 1080. The van der Waals surface area contributed by atoms with Crippen LogP contribution in [0.3, 0.4) is 0 Å². The molecule has 0 fully saturated rings. The zero-order valence-electron chi connectivity index (χ0n) is 16.8. The monoisotopic (exact) mass is 426 g/mol. The highest BCUT2D eigenvalue weighted by Crippen LogP contribution is 2.29. The van der Waals surface area contributed by atoms with Gasteiger partial charge in [0.05, 0.1) is 13.3 Å². The number of aromatic nitrogens is 2. The first kappa shape index (κ1) is 21.4. The molecule has 0 saturated heterocycles. The molecule has 0 atom stereocenters. The van der Waals surface area contributed by atoms with Crippen LogP contribution in [0.2, 0.25) is 5.02 Å². The molecule has 0 saturated carbocycles. The van der Waals surface area contributed by atoms with Crippen LogP contribution in [-0.4, -0.2) is 23.3 Å². The fourth-order valence-corrected chi connectivity index (χ4v) is 2.96. The number of hydrogen-bond donors (Lipinski definition) is 2. The molecule has 0 aliphatic heterocycles. The minimum atomic E-state index is -0.217. The Labute approximate surface area is 179 Å². The maximum Gasteiger partial charge on any atom is 0.252 e. The first-order valence-electron chi connectivity index (χ1n) is 9.52. The van der Waals surface area contributed by atoms with Crippen molar-refractivity contribution < 1.29 is 9.47 Å². The van der Waals surface area contributed by atoms with E-state index in [4.69, 9.17) is 21.1 Å². The van der Waals surface area contributed by atoms with Crippen LogP contribution in [0.5, 0.6) is 11.5 Å². The quantitative estimate of drug-likeness (QED) is 0.391. The number of aryl methyl sites for hydroxylation is 1. The van der Waals surface area contributed by atoms with Crippen LogP contribution in [-0.2, 0) is 13.0 Å². The minimum absolute atomic E-state index is 0.217. The summed E-state index contributed by atoms with van der Waals surface area (Å²) in [6.45, 7) is 2.34. The molecule has 30 heavy (non-hydrogen) atoms. The van der Waals surface area contributed by atoms with Gasteiger partial charge in [-0.2, -0.15) is 5.10 Å². The lowest BCUT2D eigenvalue weighted by molar-refractivity contribution is 0.284. The summed E-state index contributed by atoms with van der Waals surface area (Å²) >= 11 is 6.19. The molecule has 3 aromatic rings. The van der Waals surface area contributed by atoms with Gasteiger partial charge in [0.1, 0.15) is 6.61 Å². The lowest BCUT2D eigenvalue weighted by atomic mass is 10.2. The number of halogens is 1. The van der Waals surface area contributed by atoms with Crippen LogP contribution in [0.4, 0.5) is 5.95 Å². The maximum atomic E-state index is 11.7. The van der Waals surface area contributed by atoms with E-state index in [1.807, 2.05) is 43.3 Å². The first-order valence-corrected chi connectivity index (χ1v) is 9.90. The van der Waals surface area contributed by atoms with Crippen molar-refractivity contribution in [1.82, 2.24) is 9.97 Å². The molecule has 1 heterocycles. The molecule has 3 rings (SSSR count). The maximum absolute atomic E-state index is 11.7. The minimum Gasteiger partial charge on any atom is -0.493 e. The predicted octanol–water partition coefficient (Wildman–Crippen LogP) is 4.41. The van der Waals surface area contributed by atoms with E-state index in [-0.39, 0.29) is 5.56 Å². The van der Waals surface area contributed by atoms with Crippen LogP contribution in [0, 0.1) is 0 Å². The van der Waals surface area contributed by atoms with Crippen molar-refractivity contribution >= 4 is 23.8 Å². The first-order chi connectivity index (χ1) is 14.6. The average molecular weight is 427 g/mol. The van der Waals surface area contributed by atoms with E-state index < -0.39 is 0 Å². The molecule has 0 unspecified atom stereocenters. The highest BCUT2D eigenvalue weighted by molar-refractivity contribution is 6.31. The van der Waals surface area contributed by atoms with Gasteiger partial charge in [0, 0.05) is 22.3 Å². The summed E-state index contributed by atoms with van der Waals surface area (Å²) in [5.41, 5.74) is 4.92. The van der Waals surface area contributed by atoms with Crippen molar-refractivity contribution in [2.24, 2.45) is 5.10 Å². The smallest absolute Gasteiger partial charge is 0.252 e. The summed E-state index contributed by atoms with van der Waals surface area (Å²) in [5, 5.41) is 4.80. The van der Waals surface area contributed by atoms with E-state index in [2.05, 4.69) is 20.5 Å². The normalized spacial score (nSPS) is 10.9. The number of nitrogens with zero attached hydrogens (tertiary/aromatic N) is 2. The third-order valence-corrected chi connectivity index (χ3v) is 4.58. The lowest BCUT2D eigenvalue weighted by Gasteiger charge is -2.12. The number of H-pyrrole nitrogens is 1. The van der Waals surface area contributed by atoms with Gasteiger partial charge in [0.15, 0.2) is 11.5 Å². The third kappa shape index (κ3) is 5.84. The van der Waals surface area contributed by atoms with Crippen LogP contribution in [0.25, 0.3) is 0 Å².